The molecule has 0 amide bonds. The Labute approximate surface area is 144 Å². The first-order valence-electron chi connectivity index (χ1n) is 7.24. The van der Waals surface area contributed by atoms with Crippen molar-refractivity contribution in [2.45, 2.75) is 38.9 Å². The lowest BCUT2D eigenvalue weighted by Gasteiger charge is -2.36. The molecule has 2 nitrogen and oxygen atoms in total. The van der Waals surface area contributed by atoms with Gasteiger partial charge in [-0.25, -0.2) is 0 Å². The average Bonchev–Trinajstić information content (AvgIpc) is 2.43. The number of benzene rings is 1. The van der Waals surface area contributed by atoms with E-state index in [-0.39, 0.29) is 10.8 Å². The molecule has 0 radical (unpaired) electrons. The van der Waals surface area contributed by atoms with Crippen LogP contribution in [0.4, 0.5) is 0 Å². The lowest BCUT2D eigenvalue weighted by Crippen LogP contribution is -2.43. The number of rotatable bonds is 6. The quantitative estimate of drug-likeness (QED) is 0.365. The van der Waals surface area contributed by atoms with Crippen molar-refractivity contribution in [3.05, 3.63) is 40.1 Å². The van der Waals surface area contributed by atoms with Gasteiger partial charge in [-0.05, 0) is 54.9 Å². The number of ketones is 1. The monoisotopic (exact) mass is 354 g/mol. The van der Waals surface area contributed by atoms with Crippen molar-refractivity contribution in [2.24, 2.45) is 0 Å². The Balaban J connectivity index is 2.88. The minimum atomic E-state index is -1.83. The summed E-state index contributed by atoms with van der Waals surface area (Å²) in [5, 5.41) is 0.163. The van der Waals surface area contributed by atoms with Gasteiger partial charge >= 0.3 is 0 Å². The zero-order chi connectivity index (χ0) is 17.0. The molecule has 0 atom stereocenters. The minimum absolute atomic E-state index is 0.0394. The van der Waals surface area contributed by atoms with Gasteiger partial charge in [0.2, 0.25) is 8.32 Å². The lowest BCUT2D eigenvalue weighted by atomic mass is 10.1. The third-order valence-electron chi connectivity index (χ3n) is 3.97. The van der Waals surface area contributed by atoms with E-state index in [4.69, 9.17) is 4.43 Å². The molecule has 0 aliphatic heterocycles. The molecule has 0 saturated heterocycles. The number of carbonyl (C=O) groups is 1. The largest absolute Gasteiger partial charge is 0.544 e. The molecule has 22 heavy (non-hydrogen) atoms. The fourth-order valence-electron chi connectivity index (χ4n) is 1.53. The SMILES string of the molecule is CSC(=CC(=O)c1ccc(O[Si](C)(C)C(C)(C)C)cc1)SC. The Hall–Kier alpha value is -0.653. The summed E-state index contributed by atoms with van der Waals surface area (Å²) in [5.41, 5.74) is 0.697. The standard InChI is InChI=1S/C17H26O2S2Si/c1-17(2,3)22(6,7)19-14-10-8-13(9-11-14)15(18)12-16(20-4)21-5/h8-12H,1-7H3. The Kier molecular flexibility index (Phi) is 6.83. The molecule has 0 aliphatic carbocycles. The molecular weight excluding hydrogens is 328 g/mol. The van der Waals surface area contributed by atoms with E-state index in [0.717, 1.165) is 9.99 Å². The van der Waals surface area contributed by atoms with Crippen molar-refractivity contribution >= 4 is 37.6 Å². The minimum Gasteiger partial charge on any atom is -0.544 e. The molecule has 0 aromatic heterocycles. The summed E-state index contributed by atoms with van der Waals surface area (Å²) in [4.78, 5) is 12.2. The highest BCUT2D eigenvalue weighted by atomic mass is 32.2. The van der Waals surface area contributed by atoms with Crippen LogP contribution in [-0.2, 0) is 0 Å². The van der Waals surface area contributed by atoms with E-state index in [1.807, 2.05) is 36.8 Å². The second-order valence-corrected chi connectivity index (χ2v) is 13.3. The van der Waals surface area contributed by atoms with Crippen LogP contribution in [0.25, 0.3) is 0 Å². The number of hydrogen-bond acceptors (Lipinski definition) is 4. The maximum absolute atomic E-state index is 12.2. The maximum Gasteiger partial charge on any atom is 0.250 e. The molecule has 0 saturated carbocycles. The summed E-state index contributed by atoms with van der Waals surface area (Å²) in [6, 6.07) is 7.50. The summed E-state index contributed by atoms with van der Waals surface area (Å²) >= 11 is 3.18. The van der Waals surface area contributed by atoms with Crippen molar-refractivity contribution in [3.63, 3.8) is 0 Å². The van der Waals surface area contributed by atoms with Crippen molar-refractivity contribution in [1.29, 1.82) is 0 Å². The number of hydrogen-bond donors (Lipinski definition) is 0. The van der Waals surface area contributed by atoms with Crippen molar-refractivity contribution in [2.75, 3.05) is 12.5 Å². The van der Waals surface area contributed by atoms with Crippen molar-refractivity contribution < 1.29 is 9.22 Å². The van der Waals surface area contributed by atoms with Crippen LogP contribution >= 0.6 is 23.5 Å². The van der Waals surface area contributed by atoms with Gasteiger partial charge in [0.05, 0.1) is 0 Å². The van der Waals surface area contributed by atoms with Gasteiger partial charge < -0.3 is 4.43 Å². The van der Waals surface area contributed by atoms with Gasteiger partial charge in [-0.1, -0.05) is 20.8 Å². The molecule has 1 rings (SSSR count). The van der Waals surface area contributed by atoms with Crippen LogP contribution in [0.2, 0.25) is 18.1 Å². The Morgan fingerprint density at radius 1 is 1.09 bits per heavy atom. The van der Waals surface area contributed by atoms with E-state index in [0.29, 0.717) is 5.56 Å². The average molecular weight is 355 g/mol. The van der Waals surface area contributed by atoms with Gasteiger partial charge in [0, 0.05) is 15.9 Å². The van der Waals surface area contributed by atoms with E-state index in [1.54, 1.807) is 29.6 Å². The molecule has 5 heteroatoms. The van der Waals surface area contributed by atoms with Crippen LogP contribution in [0.1, 0.15) is 31.1 Å². The molecule has 0 aliphatic rings. The molecule has 0 spiro atoms. The van der Waals surface area contributed by atoms with E-state index in [2.05, 4.69) is 33.9 Å². The maximum atomic E-state index is 12.2. The molecule has 0 heterocycles. The van der Waals surface area contributed by atoms with Gasteiger partial charge in [0.15, 0.2) is 5.78 Å². The van der Waals surface area contributed by atoms with Crippen molar-refractivity contribution in [3.8, 4) is 5.75 Å². The fraction of sp³-hybridized carbons (Fsp3) is 0.471. The first kappa shape index (κ1) is 19.4. The molecule has 0 fully saturated rings. The predicted octanol–water partition coefficient (Wildman–Crippen LogP) is 5.82. The fourth-order valence-corrected chi connectivity index (χ4v) is 3.67. The summed E-state index contributed by atoms with van der Waals surface area (Å²) < 4.78 is 7.25. The molecule has 1 aromatic carbocycles. The summed E-state index contributed by atoms with van der Waals surface area (Å²) in [6.07, 6.45) is 5.65. The third kappa shape index (κ3) is 5.21. The highest BCUT2D eigenvalue weighted by Gasteiger charge is 2.38. The highest BCUT2D eigenvalue weighted by Crippen LogP contribution is 2.37. The van der Waals surface area contributed by atoms with Crippen LogP contribution in [0, 0.1) is 0 Å². The number of carbonyl (C=O) groups excluding carboxylic acids is 1. The predicted molar refractivity (Wildman–Crippen MR) is 104 cm³/mol. The first-order chi connectivity index (χ1) is 10.1. The Morgan fingerprint density at radius 2 is 1.59 bits per heavy atom. The van der Waals surface area contributed by atoms with E-state index >= 15 is 0 Å². The highest BCUT2D eigenvalue weighted by molar-refractivity contribution is 8.21. The Bertz CT molecular complexity index is 537. The zero-order valence-corrected chi connectivity index (χ0v) is 17.2. The van der Waals surface area contributed by atoms with Crippen LogP contribution in [0.3, 0.4) is 0 Å². The lowest BCUT2D eigenvalue weighted by molar-refractivity contribution is 0.104. The molecule has 1 aromatic rings. The van der Waals surface area contributed by atoms with Crippen LogP contribution in [-0.4, -0.2) is 26.6 Å². The smallest absolute Gasteiger partial charge is 0.250 e. The van der Waals surface area contributed by atoms with Crippen LogP contribution in [0.5, 0.6) is 5.75 Å². The van der Waals surface area contributed by atoms with Gasteiger partial charge in [0.1, 0.15) is 5.75 Å². The topological polar surface area (TPSA) is 26.3 Å². The van der Waals surface area contributed by atoms with E-state index < -0.39 is 8.32 Å². The Morgan fingerprint density at radius 3 is 2.00 bits per heavy atom. The third-order valence-corrected chi connectivity index (χ3v) is 10.4. The van der Waals surface area contributed by atoms with Crippen LogP contribution < -0.4 is 4.43 Å². The van der Waals surface area contributed by atoms with Crippen molar-refractivity contribution in [1.82, 2.24) is 0 Å². The summed E-state index contributed by atoms with van der Waals surface area (Å²) in [6.45, 7) is 11.1. The molecule has 0 unspecified atom stereocenters. The number of allylic oxidation sites excluding steroid dienone is 1. The van der Waals surface area contributed by atoms with Gasteiger partial charge in [0.25, 0.3) is 0 Å². The second kappa shape index (κ2) is 7.75. The normalized spacial score (nSPS) is 12.0. The van der Waals surface area contributed by atoms with E-state index in [9.17, 15) is 4.79 Å². The molecule has 0 bridgehead atoms. The zero-order valence-electron chi connectivity index (χ0n) is 14.5. The van der Waals surface area contributed by atoms with Gasteiger partial charge in [-0.15, -0.1) is 23.5 Å². The molecule has 122 valence electrons. The number of thioether (sulfide) groups is 2. The van der Waals surface area contributed by atoms with Gasteiger partial charge in [-0.3, -0.25) is 4.79 Å². The summed E-state index contributed by atoms with van der Waals surface area (Å²) in [7, 11) is -1.83. The van der Waals surface area contributed by atoms with Crippen LogP contribution in [0.15, 0.2) is 34.6 Å². The second-order valence-electron chi connectivity index (χ2n) is 6.62. The molecule has 0 N–H and O–H groups in total. The van der Waals surface area contributed by atoms with E-state index in [1.165, 1.54) is 0 Å². The summed E-state index contributed by atoms with van der Waals surface area (Å²) in [5.74, 6) is 0.889. The molecular formula is C17H26O2S2Si. The van der Waals surface area contributed by atoms with Gasteiger partial charge in [-0.2, -0.15) is 0 Å². The first-order valence-corrected chi connectivity index (χ1v) is 12.6.